The fourth-order valence-electron chi connectivity index (χ4n) is 3.90. The summed E-state index contributed by atoms with van der Waals surface area (Å²) in [7, 11) is 0. The van der Waals surface area contributed by atoms with Crippen molar-refractivity contribution in [2.75, 3.05) is 19.6 Å². The van der Waals surface area contributed by atoms with Crippen LogP contribution >= 0.6 is 0 Å². The molecule has 116 valence electrons. The van der Waals surface area contributed by atoms with Gasteiger partial charge < -0.3 is 5.32 Å². The molecule has 0 aromatic heterocycles. The smallest absolute Gasteiger partial charge is 0.0535 e. The zero-order valence-electron chi connectivity index (χ0n) is 13.8. The Labute approximate surface area is 129 Å². The van der Waals surface area contributed by atoms with E-state index in [0.29, 0.717) is 6.04 Å². The van der Waals surface area contributed by atoms with Crippen molar-refractivity contribution >= 4 is 0 Å². The summed E-state index contributed by atoms with van der Waals surface area (Å²) < 4.78 is 0. The molecule has 1 N–H and O–H groups in total. The topological polar surface area (TPSA) is 15.3 Å². The van der Waals surface area contributed by atoms with E-state index in [-0.39, 0.29) is 5.54 Å². The minimum Gasteiger partial charge on any atom is -0.305 e. The van der Waals surface area contributed by atoms with Gasteiger partial charge in [-0.2, -0.15) is 0 Å². The van der Waals surface area contributed by atoms with E-state index in [1.807, 2.05) is 0 Å². The molecule has 2 nitrogen and oxygen atoms in total. The van der Waals surface area contributed by atoms with Gasteiger partial charge in [-0.05, 0) is 37.2 Å². The zero-order chi connectivity index (χ0) is 14.9. The fourth-order valence-corrected chi connectivity index (χ4v) is 3.90. The quantitative estimate of drug-likeness (QED) is 0.909. The summed E-state index contributed by atoms with van der Waals surface area (Å²) >= 11 is 0. The van der Waals surface area contributed by atoms with Gasteiger partial charge in [-0.25, -0.2) is 0 Å². The van der Waals surface area contributed by atoms with Crippen LogP contribution in [0, 0.1) is 11.8 Å². The largest absolute Gasteiger partial charge is 0.305 e. The molecule has 1 heterocycles. The SMILES string of the molecule is CC(C)C1CNC(C)(c2ccccc2)CN1CC1CCC1. The third-order valence-electron chi connectivity index (χ3n) is 5.59. The van der Waals surface area contributed by atoms with Crippen LogP contribution < -0.4 is 5.32 Å². The summed E-state index contributed by atoms with van der Waals surface area (Å²) in [6.07, 6.45) is 4.33. The first kappa shape index (κ1) is 15.1. The molecule has 0 amide bonds. The van der Waals surface area contributed by atoms with Gasteiger partial charge in [0.05, 0.1) is 5.54 Å². The van der Waals surface area contributed by atoms with Crippen molar-refractivity contribution in [1.82, 2.24) is 10.2 Å². The molecule has 2 unspecified atom stereocenters. The number of rotatable bonds is 4. The van der Waals surface area contributed by atoms with Crippen LogP contribution in [0.15, 0.2) is 30.3 Å². The third kappa shape index (κ3) is 3.17. The molecule has 0 bridgehead atoms. The molecular formula is C19H30N2. The molecule has 1 saturated carbocycles. The normalized spacial score (nSPS) is 31.3. The molecule has 0 spiro atoms. The van der Waals surface area contributed by atoms with Crippen LogP contribution in [0.25, 0.3) is 0 Å². The molecule has 1 aromatic carbocycles. The summed E-state index contributed by atoms with van der Waals surface area (Å²) in [6, 6.07) is 11.6. The van der Waals surface area contributed by atoms with E-state index in [1.165, 1.54) is 31.4 Å². The Morgan fingerprint density at radius 3 is 2.52 bits per heavy atom. The van der Waals surface area contributed by atoms with Crippen molar-refractivity contribution in [3.05, 3.63) is 35.9 Å². The second-order valence-electron chi connectivity index (χ2n) is 7.62. The second-order valence-corrected chi connectivity index (χ2v) is 7.62. The predicted molar refractivity (Wildman–Crippen MR) is 89.3 cm³/mol. The summed E-state index contributed by atoms with van der Waals surface area (Å²) in [4.78, 5) is 2.78. The molecular weight excluding hydrogens is 256 g/mol. The lowest BCUT2D eigenvalue weighted by molar-refractivity contribution is 0.0355. The molecule has 21 heavy (non-hydrogen) atoms. The van der Waals surface area contributed by atoms with Gasteiger partial charge in [0.15, 0.2) is 0 Å². The van der Waals surface area contributed by atoms with Crippen LogP contribution in [0.1, 0.15) is 45.6 Å². The van der Waals surface area contributed by atoms with E-state index in [1.54, 1.807) is 0 Å². The summed E-state index contributed by atoms with van der Waals surface area (Å²) in [6.45, 7) is 10.6. The van der Waals surface area contributed by atoms with Crippen LogP contribution in [0.3, 0.4) is 0 Å². The van der Waals surface area contributed by atoms with Crippen molar-refractivity contribution in [1.29, 1.82) is 0 Å². The zero-order valence-corrected chi connectivity index (χ0v) is 13.8. The molecule has 1 aromatic rings. The molecule has 2 atom stereocenters. The first-order valence-corrected chi connectivity index (χ1v) is 8.63. The van der Waals surface area contributed by atoms with Crippen molar-refractivity contribution < 1.29 is 0 Å². The van der Waals surface area contributed by atoms with E-state index < -0.39 is 0 Å². The van der Waals surface area contributed by atoms with Crippen LogP contribution in [0.2, 0.25) is 0 Å². The second kappa shape index (κ2) is 6.10. The summed E-state index contributed by atoms with van der Waals surface area (Å²) in [5.74, 6) is 1.67. The summed E-state index contributed by atoms with van der Waals surface area (Å²) in [5, 5.41) is 3.84. The van der Waals surface area contributed by atoms with Gasteiger partial charge >= 0.3 is 0 Å². The number of nitrogens with one attached hydrogen (secondary N) is 1. The highest BCUT2D eigenvalue weighted by Crippen LogP contribution is 2.33. The Morgan fingerprint density at radius 1 is 1.24 bits per heavy atom. The van der Waals surface area contributed by atoms with Gasteiger partial charge in [-0.15, -0.1) is 0 Å². The molecule has 1 aliphatic carbocycles. The van der Waals surface area contributed by atoms with Gasteiger partial charge in [-0.3, -0.25) is 4.90 Å². The lowest BCUT2D eigenvalue weighted by Crippen LogP contribution is -2.63. The third-order valence-corrected chi connectivity index (χ3v) is 5.59. The maximum absolute atomic E-state index is 3.84. The fraction of sp³-hybridized carbons (Fsp3) is 0.684. The van der Waals surface area contributed by atoms with Crippen molar-refractivity contribution in [2.24, 2.45) is 11.8 Å². The highest BCUT2D eigenvalue weighted by atomic mass is 15.3. The monoisotopic (exact) mass is 286 g/mol. The minimum atomic E-state index is 0.0936. The van der Waals surface area contributed by atoms with E-state index in [4.69, 9.17) is 0 Å². The van der Waals surface area contributed by atoms with Crippen molar-refractivity contribution in [3.63, 3.8) is 0 Å². The predicted octanol–water partition coefficient (Wildman–Crippen LogP) is 3.63. The molecule has 1 aliphatic heterocycles. The van der Waals surface area contributed by atoms with Gasteiger partial charge in [0, 0.05) is 25.7 Å². The molecule has 1 saturated heterocycles. The van der Waals surface area contributed by atoms with Gasteiger partial charge in [0.25, 0.3) is 0 Å². The Balaban J connectivity index is 1.76. The number of benzene rings is 1. The maximum Gasteiger partial charge on any atom is 0.0535 e. The highest BCUT2D eigenvalue weighted by Gasteiger charge is 2.39. The highest BCUT2D eigenvalue weighted by molar-refractivity contribution is 5.25. The number of hydrogen-bond acceptors (Lipinski definition) is 2. The minimum absolute atomic E-state index is 0.0936. The van der Waals surface area contributed by atoms with Crippen LogP contribution in [-0.2, 0) is 5.54 Å². The Hall–Kier alpha value is -0.860. The van der Waals surface area contributed by atoms with Crippen LogP contribution in [0.5, 0.6) is 0 Å². The van der Waals surface area contributed by atoms with Crippen LogP contribution in [0.4, 0.5) is 0 Å². The molecule has 0 radical (unpaired) electrons. The molecule has 2 aliphatic rings. The maximum atomic E-state index is 3.84. The number of piperazine rings is 1. The van der Waals surface area contributed by atoms with E-state index in [2.05, 4.69) is 61.3 Å². The first-order valence-electron chi connectivity index (χ1n) is 8.63. The lowest BCUT2D eigenvalue weighted by Gasteiger charge is -2.49. The van der Waals surface area contributed by atoms with Crippen LogP contribution in [-0.4, -0.2) is 30.6 Å². The van der Waals surface area contributed by atoms with Gasteiger partial charge in [0.1, 0.15) is 0 Å². The van der Waals surface area contributed by atoms with E-state index >= 15 is 0 Å². The van der Waals surface area contributed by atoms with Gasteiger partial charge in [0.2, 0.25) is 0 Å². The lowest BCUT2D eigenvalue weighted by atomic mass is 9.81. The molecule has 2 fully saturated rings. The first-order chi connectivity index (χ1) is 10.1. The Morgan fingerprint density at radius 2 is 1.95 bits per heavy atom. The van der Waals surface area contributed by atoms with Crippen molar-refractivity contribution in [2.45, 2.75) is 51.6 Å². The Bertz CT molecular complexity index is 452. The average molecular weight is 286 g/mol. The standard InChI is InChI=1S/C19H30N2/c1-15(2)18-12-20-19(3,17-10-5-4-6-11-17)14-21(18)13-16-8-7-9-16/h4-6,10-11,15-16,18,20H,7-9,12-14H2,1-3H3. The van der Waals surface area contributed by atoms with E-state index in [0.717, 1.165) is 24.9 Å². The Kier molecular flexibility index (Phi) is 4.37. The molecule has 2 heteroatoms. The summed E-state index contributed by atoms with van der Waals surface area (Å²) in [5.41, 5.74) is 1.52. The number of nitrogens with zero attached hydrogens (tertiary/aromatic N) is 1. The molecule has 3 rings (SSSR count). The average Bonchev–Trinajstić information content (AvgIpc) is 2.44. The number of hydrogen-bond donors (Lipinski definition) is 1. The van der Waals surface area contributed by atoms with Gasteiger partial charge in [-0.1, -0.05) is 50.6 Å². The van der Waals surface area contributed by atoms with E-state index in [9.17, 15) is 0 Å². The van der Waals surface area contributed by atoms with Crippen molar-refractivity contribution in [3.8, 4) is 0 Å².